The molecule has 0 aromatic carbocycles. The Balaban J connectivity index is 2.87. The van der Waals surface area contributed by atoms with Crippen molar-refractivity contribution in [1.29, 1.82) is 0 Å². The first-order chi connectivity index (χ1) is 6.03. The van der Waals surface area contributed by atoms with Crippen molar-refractivity contribution in [3.05, 3.63) is 23.9 Å². The molecular weight excluding hydrogens is 188 g/mol. The first-order valence-corrected chi connectivity index (χ1v) is 5.63. The maximum absolute atomic E-state index is 11.1. The molecule has 1 rings (SSSR count). The summed E-state index contributed by atoms with van der Waals surface area (Å²) >= 11 is 0. The fraction of sp³-hybridized carbons (Fsp3) is 0.375. The molecule has 1 heterocycles. The van der Waals surface area contributed by atoms with E-state index in [0.29, 0.717) is 5.82 Å². The van der Waals surface area contributed by atoms with Crippen LogP contribution in [0.15, 0.2) is 18.2 Å². The van der Waals surface area contributed by atoms with Crippen LogP contribution in [-0.4, -0.2) is 19.2 Å². The quantitative estimate of drug-likeness (QED) is 0.796. The van der Waals surface area contributed by atoms with Gasteiger partial charge in [0.05, 0.1) is 5.75 Å². The molecule has 0 aliphatic rings. The SMILES string of the molecule is CCS(=O)(=O)Nc1cccc(C)n1. The molecule has 0 radical (unpaired) electrons. The summed E-state index contributed by atoms with van der Waals surface area (Å²) in [7, 11) is -3.20. The standard InChI is InChI=1S/C8H12N2O2S/c1-3-13(11,12)10-8-6-4-5-7(2)9-8/h4-6H,3H2,1-2H3,(H,9,10). The summed E-state index contributed by atoms with van der Waals surface area (Å²) in [6, 6.07) is 5.19. The highest BCUT2D eigenvalue weighted by atomic mass is 32.2. The summed E-state index contributed by atoms with van der Waals surface area (Å²) in [6.07, 6.45) is 0. The Kier molecular flexibility index (Phi) is 2.87. The topological polar surface area (TPSA) is 59.1 Å². The van der Waals surface area contributed by atoms with Crippen LogP contribution in [0.2, 0.25) is 0 Å². The van der Waals surface area contributed by atoms with Crippen LogP contribution in [0.1, 0.15) is 12.6 Å². The number of rotatable bonds is 3. The summed E-state index contributed by atoms with van der Waals surface area (Å²) < 4.78 is 24.6. The monoisotopic (exact) mass is 200 g/mol. The lowest BCUT2D eigenvalue weighted by atomic mass is 10.4. The lowest BCUT2D eigenvalue weighted by Crippen LogP contribution is -2.15. The second-order valence-corrected chi connectivity index (χ2v) is 4.68. The third kappa shape index (κ3) is 3.02. The predicted molar refractivity (Wildman–Crippen MR) is 52.1 cm³/mol. The fourth-order valence-corrected chi connectivity index (χ4v) is 1.41. The summed E-state index contributed by atoms with van der Waals surface area (Å²) in [4.78, 5) is 4.02. The zero-order chi connectivity index (χ0) is 9.90. The van der Waals surface area contributed by atoms with E-state index < -0.39 is 10.0 Å². The summed E-state index contributed by atoms with van der Waals surface area (Å²) in [5.41, 5.74) is 0.788. The van der Waals surface area contributed by atoms with Gasteiger partial charge in [0.2, 0.25) is 10.0 Å². The van der Waals surface area contributed by atoms with Crippen LogP contribution in [-0.2, 0) is 10.0 Å². The number of aromatic nitrogens is 1. The zero-order valence-corrected chi connectivity index (χ0v) is 8.43. The Morgan fingerprint density at radius 3 is 2.69 bits per heavy atom. The first-order valence-electron chi connectivity index (χ1n) is 3.97. The lowest BCUT2D eigenvalue weighted by molar-refractivity contribution is 0.602. The molecule has 1 aromatic rings. The maximum atomic E-state index is 11.1. The number of anilines is 1. The fourth-order valence-electron chi connectivity index (χ4n) is 0.831. The predicted octanol–water partition coefficient (Wildman–Crippen LogP) is 1.15. The van der Waals surface area contributed by atoms with Gasteiger partial charge in [-0.3, -0.25) is 4.72 Å². The molecule has 13 heavy (non-hydrogen) atoms. The van der Waals surface area contributed by atoms with E-state index in [1.807, 2.05) is 13.0 Å². The number of aryl methyl sites for hydroxylation is 1. The summed E-state index contributed by atoms with van der Waals surface area (Å²) in [6.45, 7) is 3.39. The molecule has 0 saturated heterocycles. The molecule has 1 aromatic heterocycles. The largest absolute Gasteiger partial charge is 0.267 e. The number of pyridine rings is 1. The van der Waals surface area contributed by atoms with E-state index in [1.165, 1.54) is 0 Å². The van der Waals surface area contributed by atoms with E-state index in [9.17, 15) is 8.42 Å². The van der Waals surface area contributed by atoms with Crippen LogP contribution in [0.5, 0.6) is 0 Å². The average Bonchev–Trinajstić information content (AvgIpc) is 2.03. The van der Waals surface area contributed by atoms with Crippen molar-refractivity contribution in [2.75, 3.05) is 10.5 Å². The van der Waals surface area contributed by atoms with Crippen molar-refractivity contribution >= 4 is 15.8 Å². The van der Waals surface area contributed by atoms with Crippen LogP contribution in [0.3, 0.4) is 0 Å². The van der Waals surface area contributed by atoms with Crippen LogP contribution in [0, 0.1) is 6.92 Å². The number of nitrogens with zero attached hydrogens (tertiary/aromatic N) is 1. The second-order valence-electron chi connectivity index (χ2n) is 2.67. The molecule has 0 atom stereocenters. The zero-order valence-electron chi connectivity index (χ0n) is 7.61. The van der Waals surface area contributed by atoms with E-state index in [2.05, 4.69) is 9.71 Å². The van der Waals surface area contributed by atoms with Gasteiger partial charge in [0, 0.05) is 5.69 Å². The highest BCUT2D eigenvalue weighted by Gasteiger charge is 2.06. The third-order valence-electron chi connectivity index (χ3n) is 1.53. The minimum atomic E-state index is -3.20. The van der Waals surface area contributed by atoms with Crippen molar-refractivity contribution in [1.82, 2.24) is 4.98 Å². The minimum Gasteiger partial charge on any atom is -0.267 e. The van der Waals surface area contributed by atoms with Crippen LogP contribution >= 0.6 is 0 Å². The molecule has 0 fully saturated rings. The van der Waals surface area contributed by atoms with Gasteiger partial charge in [0.15, 0.2) is 0 Å². The molecular formula is C8H12N2O2S. The molecule has 0 unspecified atom stereocenters. The Morgan fingerprint density at radius 2 is 2.15 bits per heavy atom. The minimum absolute atomic E-state index is 0.0582. The number of nitrogens with one attached hydrogen (secondary N) is 1. The van der Waals surface area contributed by atoms with Gasteiger partial charge >= 0.3 is 0 Å². The highest BCUT2D eigenvalue weighted by Crippen LogP contribution is 2.05. The molecule has 0 amide bonds. The molecule has 0 saturated carbocycles. The van der Waals surface area contributed by atoms with E-state index in [-0.39, 0.29) is 5.75 Å². The van der Waals surface area contributed by atoms with Gasteiger partial charge in [-0.25, -0.2) is 13.4 Å². The lowest BCUT2D eigenvalue weighted by Gasteiger charge is -2.04. The molecule has 0 aliphatic carbocycles. The normalized spacial score (nSPS) is 11.2. The van der Waals surface area contributed by atoms with E-state index in [0.717, 1.165) is 5.69 Å². The average molecular weight is 200 g/mol. The van der Waals surface area contributed by atoms with Gasteiger partial charge < -0.3 is 0 Å². The second kappa shape index (κ2) is 3.74. The Labute approximate surface area is 78.1 Å². The first kappa shape index (κ1) is 9.98. The Bertz CT molecular complexity index is 387. The van der Waals surface area contributed by atoms with E-state index in [4.69, 9.17) is 0 Å². The van der Waals surface area contributed by atoms with Crippen LogP contribution in [0.25, 0.3) is 0 Å². The smallest absolute Gasteiger partial charge is 0.233 e. The molecule has 1 N–H and O–H groups in total. The Hall–Kier alpha value is -1.10. The maximum Gasteiger partial charge on any atom is 0.233 e. The van der Waals surface area contributed by atoms with Crippen molar-refractivity contribution in [3.63, 3.8) is 0 Å². The molecule has 0 spiro atoms. The van der Waals surface area contributed by atoms with Gasteiger partial charge in [0.25, 0.3) is 0 Å². The van der Waals surface area contributed by atoms with Gasteiger partial charge in [-0.05, 0) is 26.0 Å². The van der Waals surface area contributed by atoms with Crippen molar-refractivity contribution in [3.8, 4) is 0 Å². The van der Waals surface area contributed by atoms with E-state index >= 15 is 0 Å². The van der Waals surface area contributed by atoms with Crippen molar-refractivity contribution in [2.45, 2.75) is 13.8 Å². The molecule has 5 heteroatoms. The molecule has 72 valence electrons. The van der Waals surface area contributed by atoms with E-state index in [1.54, 1.807) is 19.1 Å². The van der Waals surface area contributed by atoms with Gasteiger partial charge in [-0.2, -0.15) is 0 Å². The van der Waals surface area contributed by atoms with Gasteiger partial charge in [0.1, 0.15) is 5.82 Å². The highest BCUT2D eigenvalue weighted by molar-refractivity contribution is 7.92. The number of sulfonamides is 1. The van der Waals surface area contributed by atoms with Crippen molar-refractivity contribution in [2.24, 2.45) is 0 Å². The number of hydrogen-bond acceptors (Lipinski definition) is 3. The third-order valence-corrected chi connectivity index (χ3v) is 2.81. The van der Waals surface area contributed by atoms with Gasteiger partial charge in [-0.15, -0.1) is 0 Å². The van der Waals surface area contributed by atoms with Crippen LogP contribution in [0.4, 0.5) is 5.82 Å². The Morgan fingerprint density at radius 1 is 1.46 bits per heavy atom. The van der Waals surface area contributed by atoms with Crippen molar-refractivity contribution < 1.29 is 8.42 Å². The van der Waals surface area contributed by atoms with Crippen LogP contribution < -0.4 is 4.72 Å². The van der Waals surface area contributed by atoms with Gasteiger partial charge in [-0.1, -0.05) is 6.07 Å². The summed E-state index contributed by atoms with van der Waals surface area (Å²) in [5, 5.41) is 0. The number of hydrogen-bond donors (Lipinski definition) is 1. The summed E-state index contributed by atoms with van der Waals surface area (Å²) in [5.74, 6) is 0.435. The molecule has 4 nitrogen and oxygen atoms in total. The molecule has 0 bridgehead atoms. The molecule has 0 aliphatic heterocycles.